The molecule has 3 aromatic carbocycles. The quantitative estimate of drug-likeness (QED) is 0.200. The van der Waals surface area contributed by atoms with E-state index in [1.807, 2.05) is 78.9 Å². The van der Waals surface area contributed by atoms with Crippen molar-refractivity contribution in [3.63, 3.8) is 0 Å². The van der Waals surface area contributed by atoms with Crippen LogP contribution in [0.25, 0.3) is 10.2 Å². The monoisotopic (exact) mass is 654 g/mol. The minimum absolute atomic E-state index is 0.0594. The lowest BCUT2D eigenvalue weighted by molar-refractivity contribution is -0.123. The zero-order valence-electron chi connectivity index (χ0n) is 25.4. The Morgan fingerprint density at radius 2 is 1.74 bits per heavy atom. The van der Waals surface area contributed by atoms with Crippen molar-refractivity contribution in [2.75, 3.05) is 18.5 Å². The number of carbonyl (C=O) groups excluding carboxylic acids is 4. The maximum Gasteiger partial charge on any atom is 0.408 e. The van der Waals surface area contributed by atoms with Crippen LogP contribution in [-0.2, 0) is 30.2 Å². The highest BCUT2D eigenvalue weighted by Gasteiger charge is 2.44. The second kappa shape index (κ2) is 13.6. The van der Waals surface area contributed by atoms with Gasteiger partial charge in [0.1, 0.15) is 12.1 Å². The highest BCUT2D eigenvalue weighted by molar-refractivity contribution is 7.20. The van der Waals surface area contributed by atoms with Gasteiger partial charge in [-0.25, -0.2) is 9.78 Å². The lowest BCUT2D eigenvalue weighted by Gasteiger charge is -2.24. The smallest absolute Gasteiger partial charge is 0.408 e. The van der Waals surface area contributed by atoms with Crippen LogP contribution in [0.1, 0.15) is 46.1 Å². The second-order valence-electron chi connectivity index (χ2n) is 12.0. The van der Waals surface area contributed by atoms with Gasteiger partial charge in [-0.3, -0.25) is 14.4 Å². The number of amides is 3. The summed E-state index contributed by atoms with van der Waals surface area (Å²) in [6.45, 7) is 0.753. The lowest BCUT2D eigenvalue weighted by atomic mass is 9.92. The molecule has 3 N–H and O–H groups in total. The van der Waals surface area contributed by atoms with E-state index in [1.54, 1.807) is 0 Å². The number of ether oxygens (including phenoxy) is 3. The summed E-state index contributed by atoms with van der Waals surface area (Å²) in [7, 11) is 0. The highest BCUT2D eigenvalue weighted by atomic mass is 32.1. The molecule has 1 aromatic heterocycles. The summed E-state index contributed by atoms with van der Waals surface area (Å²) in [6, 6.07) is 22.1. The van der Waals surface area contributed by atoms with Crippen LogP contribution < -0.4 is 16.0 Å². The average molecular weight is 655 g/mol. The second-order valence-corrected chi connectivity index (χ2v) is 13.0. The molecule has 0 radical (unpaired) electrons. The molecule has 47 heavy (non-hydrogen) atoms. The van der Waals surface area contributed by atoms with Gasteiger partial charge in [0, 0.05) is 12.1 Å². The van der Waals surface area contributed by atoms with Gasteiger partial charge in [0.25, 0.3) is 0 Å². The largest absolute Gasteiger partial charge is 0.443 e. The fourth-order valence-electron chi connectivity index (χ4n) is 6.48. The first-order chi connectivity index (χ1) is 22.9. The standard InChI is InChI=1S/C35H34N4O7S/c40-30(33-38-25-12-6-7-13-29(25)47-33)26(15-14-22-21-10-4-5-11-24(21)36-31(22)41)37-32(42)27(18-20-8-2-1-3-9-20)39-35(43)46-28-19-45-34-23(28)16-17-44-34/h1-13,22-23,26-28,34H,14-19H2,(H,36,41)(H,37,42)(H,39,43)/t22?,23-,26-,27-,28-,34+/m0/s1. The molecular formula is C35H34N4O7S. The predicted molar refractivity (Wildman–Crippen MR) is 174 cm³/mol. The molecule has 4 aromatic rings. The summed E-state index contributed by atoms with van der Waals surface area (Å²) >= 11 is 1.25. The first-order valence-corrected chi connectivity index (χ1v) is 16.6. The van der Waals surface area contributed by atoms with Crippen molar-refractivity contribution < 1.29 is 33.4 Å². The van der Waals surface area contributed by atoms with Gasteiger partial charge in [-0.15, -0.1) is 11.3 Å². The number of alkyl carbamates (subject to hydrolysis) is 1. The Balaban J connectivity index is 1.11. The van der Waals surface area contributed by atoms with Gasteiger partial charge in [-0.05, 0) is 48.6 Å². The molecule has 2 saturated heterocycles. The summed E-state index contributed by atoms with van der Waals surface area (Å²) < 4.78 is 17.7. The predicted octanol–water partition coefficient (Wildman–Crippen LogP) is 4.58. The maximum absolute atomic E-state index is 14.0. The van der Waals surface area contributed by atoms with E-state index in [0.717, 1.165) is 27.9 Å². The van der Waals surface area contributed by atoms with Crippen molar-refractivity contribution in [1.29, 1.82) is 0 Å². The third-order valence-electron chi connectivity index (χ3n) is 8.93. The number of Topliss-reactive ketones (excluding diaryl/α,β-unsaturated/α-hetero) is 1. The fourth-order valence-corrected chi connectivity index (χ4v) is 7.44. The molecule has 3 aliphatic rings. The van der Waals surface area contributed by atoms with Gasteiger partial charge in [-0.2, -0.15) is 0 Å². The third-order valence-corrected chi connectivity index (χ3v) is 9.98. The number of ketones is 1. The highest BCUT2D eigenvalue weighted by Crippen LogP contribution is 2.36. The zero-order chi connectivity index (χ0) is 32.3. The van der Waals surface area contributed by atoms with Crippen LogP contribution in [0.15, 0.2) is 78.9 Å². The van der Waals surface area contributed by atoms with E-state index in [2.05, 4.69) is 20.9 Å². The Labute approximate surface area is 275 Å². The van der Waals surface area contributed by atoms with E-state index < -0.39 is 36.1 Å². The van der Waals surface area contributed by atoms with Crippen molar-refractivity contribution in [3.05, 3.63) is 95.0 Å². The molecule has 3 aliphatic heterocycles. The number of hydrogen-bond donors (Lipinski definition) is 3. The topological polar surface area (TPSA) is 145 Å². The molecule has 3 amide bonds. The summed E-state index contributed by atoms with van der Waals surface area (Å²) in [6.07, 6.45) is -0.256. The molecule has 4 heterocycles. The molecule has 0 aliphatic carbocycles. The summed E-state index contributed by atoms with van der Waals surface area (Å²) in [5.41, 5.74) is 3.10. The van der Waals surface area contributed by atoms with Gasteiger partial charge >= 0.3 is 6.09 Å². The van der Waals surface area contributed by atoms with Crippen molar-refractivity contribution in [2.45, 2.75) is 56.1 Å². The molecule has 2 fully saturated rings. The number of nitrogens with one attached hydrogen (secondary N) is 3. The normalized spacial score (nSPS) is 22.6. The molecule has 1 unspecified atom stereocenters. The lowest BCUT2D eigenvalue weighted by Crippen LogP contribution is -2.53. The number of anilines is 1. The first-order valence-electron chi connectivity index (χ1n) is 15.8. The Morgan fingerprint density at radius 1 is 0.957 bits per heavy atom. The molecule has 12 heteroatoms. The van der Waals surface area contributed by atoms with Gasteiger partial charge < -0.3 is 30.2 Å². The van der Waals surface area contributed by atoms with Crippen LogP contribution >= 0.6 is 11.3 Å². The first kappa shape index (κ1) is 31.0. The molecule has 7 rings (SSSR count). The van der Waals surface area contributed by atoms with Crippen molar-refractivity contribution in [1.82, 2.24) is 15.6 Å². The number of nitrogens with zero attached hydrogens (tertiary/aromatic N) is 1. The van der Waals surface area contributed by atoms with Crippen molar-refractivity contribution >= 4 is 50.9 Å². The Kier molecular flexibility index (Phi) is 8.96. The number of rotatable bonds is 11. The number of para-hydroxylation sites is 2. The van der Waals surface area contributed by atoms with E-state index in [0.29, 0.717) is 18.5 Å². The maximum atomic E-state index is 14.0. The number of thiazole rings is 1. The third kappa shape index (κ3) is 6.76. The minimum atomic E-state index is -1.05. The van der Waals surface area contributed by atoms with Gasteiger partial charge in [-0.1, -0.05) is 60.7 Å². The SMILES string of the molecule is O=C(N[C@@H](Cc1ccccc1)C(=O)N[C@@H](CCC1C(=O)Nc2ccccc21)C(=O)c1nc2ccccc2s1)O[C@H]1CO[C@H]2OCC[C@H]21. The van der Waals surface area contributed by atoms with E-state index in [1.165, 1.54) is 11.3 Å². The number of fused-ring (bicyclic) bond motifs is 3. The Morgan fingerprint density at radius 3 is 2.60 bits per heavy atom. The zero-order valence-corrected chi connectivity index (χ0v) is 26.2. The minimum Gasteiger partial charge on any atom is -0.443 e. The molecule has 11 nitrogen and oxygen atoms in total. The van der Waals surface area contributed by atoms with Crippen LogP contribution in [0.3, 0.4) is 0 Å². The molecule has 242 valence electrons. The molecule has 0 bridgehead atoms. The van der Waals surface area contributed by atoms with Crippen LogP contribution in [-0.4, -0.2) is 66.4 Å². The summed E-state index contributed by atoms with van der Waals surface area (Å²) in [4.78, 5) is 58.6. The Bertz CT molecular complexity index is 1760. The molecular weight excluding hydrogens is 620 g/mol. The number of benzene rings is 3. The van der Waals surface area contributed by atoms with Crippen LogP contribution in [0.2, 0.25) is 0 Å². The fraction of sp³-hybridized carbons (Fsp3) is 0.343. The van der Waals surface area contributed by atoms with Crippen molar-refractivity contribution in [2.24, 2.45) is 5.92 Å². The van der Waals surface area contributed by atoms with E-state index in [-0.39, 0.29) is 48.4 Å². The number of carbonyl (C=O) groups is 4. The average Bonchev–Trinajstić information content (AvgIpc) is 3.87. The van der Waals surface area contributed by atoms with Crippen LogP contribution in [0.5, 0.6) is 0 Å². The van der Waals surface area contributed by atoms with Gasteiger partial charge in [0.2, 0.25) is 17.6 Å². The van der Waals surface area contributed by atoms with E-state index in [4.69, 9.17) is 14.2 Å². The van der Waals surface area contributed by atoms with E-state index in [9.17, 15) is 19.2 Å². The summed E-state index contributed by atoms with van der Waals surface area (Å²) in [5.74, 6) is -1.59. The van der Waals surface area contributed by atoms with Gasteiger partial charge in [0.05, 0.1) is 41.3 Å². The Hall–Kier alpha value is -4.65. The summed E-state index contributed by atoms with van der Waals surface area (Å²) in [5, 5.41) is 8.81. The molecule has 0 spiro atoms. The van der Waals surface area contributed by atoms with E-state index >= 15 is 0 Å². The number of aromatic nitrogens is 1. The van der Waals surface area contributed by atoms with Crippen molar-refractivity contribution in [3.8, 4) is 0 Å². The molecule has 6 atom stereocenters. The van der Waals surface area contributed by atoms with Crippen LogP contribution in [0.4, 0.5) is 10.5 Å². The van der Waals surface area contributed by atoms with Crippen LogP contribution in [0, 0.1) is 5.92 Å². The number of hydrogen-bond acceptors (Lipinski definition) is 9. The van der Waals surface area contributed by atoms with Gasteiger partial charge in [0.15, 0.2) is 11.3 Å². The molecule has 0 saturated carbocycles.